The molecule has 0 fully saturated rings. The topological polar surface area (TPSA) is 29.5 Å². The molecule has 0 saturated carbocycles. The van der Waals surface area contributed by atoms with Crippen molar-refractivity contribution >= 4 is 0 Å². The van der Waals surface area contributed by atoms with E-state index in [1.165, 1.54) is 0 Å². The number of ether oxygens (including phenoxy) is 1. The molecule has 0 aliphatic rings. The molecule has 4 heteroatoms. The summed E-state index contributed by atoms with van der Waals surface area (Å²) in [6.07, 6.45) is 0. The van der Waals surface area contributed by atoms with Gasteiger partial charge in [-0.05, 0) is 6.92 Å². The monoisotopic (exact) mass is 174 g/mol. The van der Waals surface area contributed by atoms with Crippen LogP contribution in [0.1, 0.15) is 6.92 Å². The summed E-state index contributed by atoms with van der Waals surface area (Å²) in [6, 6.07) is 1.49. The Bertz CT molecular complexity index is 287. The van der Waals surface area contributed by atoms with Gasteiger partial charge >= 0.3 is 0 Å². The lowest BCUT2D eigenvalue weighted by atomic mass is 10.3. The summed E-state index contributed by atoms with van der Waals surface area (Å²) in [5.74, 6) is -2.56. The molecule has 0 aliphatic heterocycles. The Morgan fingerprint density at radius 1 is 1.33 bits per heavy atom. The van der Waals surface area contributed by atoms with E-state index in [0.717, 1.165) is 6.07 Å². The molecule has 0 spiro atoms. The third kappa shape index (κ3) is 1.64. The van der Waals surface area contributed by atoms with E-state index >= 15 is 0 Å². The van der Waals surface area contributed by atoms with Crippen LogP contribution in [0.25, 0.3) is 0 Å². The van der Waals surface area contributed by atoms with Crippen LogP contribution >= 0.6 is 0 Å². The van der Waals surface area contributed by atoms with Crippen molar-refractivity contribution in [3.8, 4) is 11.5 Å². The van der Waals surface area contributed by atoms with Crippen molar-refractivity contribution in [1.82, 2.24) is 0 Å². The Morgan fingerprint density at radius 3 is 2.50 bits per heavy atom. The zero-order valence-corrected chi connectivity index (χ0v) is 6.47. The number of rotatable bonds is 2. The maximum atomic E-state index is 12.5. The summed E-state index contributed by atoms with van der Waals surface area (Å²) >= 11 is 0. The molecule has 12 heavy (non-hydrogen) atoms. The molecular formula is C8H8F2O2. The predicted molar refractivity (Wildman–Crippen MR) is 39.2 cm³/mol. The first-order valence-corrected chi connectivity index (χ1v) is 3.46. The van der Waals surface area contributed by atoms with Gasteiger partial charge in [-0.3, -0.25) is 0 Å². The second-order valence-electron chi connectivity index (χ2n) is 2.17. The van der Waals surface area contributed by atoms with E-state index in [1.54, 1.807) is 6.92 Å². The molecule has 0 bridgehead atoms. The Kier molecular flexibility index (Phi) is 2.47. The quantitative estimate of drug-likeness (QED) is 0.743. The summed E-state index contributed by atoms with van der Waals surface area (Å²) in [6.45, 7) is 1.97. The van der Waals surface area contributed by atoms with Gasteiger partial charge in [0.25, 0.3) is 0 Å². The second-order valence-corrected chi connectivity index (χ2v) is 2.17. The number of aromatic hydroxyl groups is 1. The van der Waals surface area contributed by atoms with E-state index in [-0.39, 0.29) is 5.75 Å². The van der Waals surface area contributed by atoms with Crippen molar-refractivity contribution < 1.29 is 18.6 Å². The standard InChI is InChI=1S/C8H8F2O2/c1-2-12-8-4-6(10)5(9)3-7(8)11/h3-4,11H,2H2,1H3. The highest BCUT2D eigenvalue weighted by molar-refractivity contribution is 5.39. The summed E-state index contributed by atoms with van der Waals surface area (Å²) in [7, 11) is 0. The first-order valence-electron chi connectivity index (χ1n) is 3.46. The highest BCUT2D eigenvalue weighted by Crippen LogP contribution is 2.27. The Balaban J connectivity index is 3.05. The smallest absolute Gasteiger partial charge is 0.164 e. The normalized spacial score (nSPS) is 9.92. The lowest BCUT2D eigenvalue weighted by Crippen LogP contribution is -1.94. The summed E-state index contributed by atoms with van der Waals surface area (Å²) in [5, 5.41) is 9.02. The number of phenols is 1. The Morgan fingerprint density at radius 2 is 1.92 bits per heavy atom. The molecule has 1 aromatic carbocycles. The first-order chi connectivity index (χ1) is 5.65. The SMILES string of the molecule is CCOc1cc(F)c(F)cc1O. The molecule has 0 saturated heterocycles. The van der Waals surface area contributed by atoms with Gasteiger partial charge in [0.15, 0.2) is 23.1 Å². The van der Waals surface area contributed by atoms with Crippen LogP contribution in [0.2, 0.25) is 0 Å². The number of hydrogen-bond donors (Lipinski definition) is 1. The van der Waals surface area contributed by atoms with Crippen molar-refractivity contribution in [2.24, 2.45) is 0 Å². The predicted octanol–water partition coefficient (Wildman–Crippen LogP) is 2.07. The molecule has 0 heterocycles. The van der Waals surface area contributed by atoms with Crippen LogP contribution < -0.4 is 4.74 Å². The van der Waals surface area contributed by atoms with Gasteiger partial charge < -0.3 is 9.84 Å². The molecule has 1 N–H and O–H groups in total. The number of benzene rings is 1. The molecule has 66 valence electrons. The van der Waals surface area contributed by atoms with E-state index in [2.05, 4.69) is 0 Å². The fourth-order valence-electron chi connectivity index (χ4n) is 0.789. The summed E-state index contributed by atoms with van der Waals surface area (Å²) in [5.41, 5.74) is 0. The van der Waals surface area contributed by atoms with Crippen LogP contribution in [0.15, 0.2) is 12.1 Å². The molecule has 0 unspecified atom stereocenters. The minimum atomic E-state index is -1.09. The minimum absolute atomic E-state index is 0.0450. The Labute approximate surface area is 68.4 Å². The highest BCUT2D eigenvalue weighted by Gasteiger charge is 2.08. The average Bonchev–Trinajstić information content (AvgIpc) is 2.01. The minimum Gasteiger partial charge on any atom is -0.504 e. The Hall–Kier alpha value is -1.32. The molecule has 0 aliphatic carbocycles. The lowest BCUT2D eigenvalue weighted by Gasteiger charge is -2.05. The van der Waals surface area contributed by atoms with Crippen molar-refractivity contribution in [3.05, 3.63) is 23.8 Å². The number of halogens is 2. The summed E-state index contributed by atoms with van der Waals surface area (Å²) in [4.78, 5) is 0. The van der Waals surface area contributed by atoms with Crippen LogP contribution in [-0.4, -0.2) is 11.7 Å². The molecule has 0 atom stereocenters. The molecule has 1 aromatic rings. The van der Waals surface area contributed by atoms with Crippen LogP contribution in [0.4, 0.5) is 8.78 Å². The lowest BCUT2D eigenvalue weighted by molar-refractivity contribution is 0.313. The van der Waals surface area contributed by atoms with Crippen LogP contribution in [0.5, 0.6) is 11.5 Å². The molecule has 2 nitrogen and oxygen atoms in total. The summed E-state index contributed by atoms with van der Waals surface area (Å²) < 4.78 is 29.7. The second kappa shape index (κ2) is 3.38. The van der Waals surface area contributed by atoms with E-state index < -0.39 is 17.4 Å². The highest BCUT2D eigenvalue weighted by atomic mass is 19.2. The van der Waals surface area contributed by atoms with E-state index in [4.69, 9.17) is 9.84 Å². The molecule has 1 rings (SSSR count). The van der Waals surface area contributed by atoms with E-state index in [1.807, 2.05) is 0 Å². The van der Waals surface area contributed by atoms with E-state index in [9.17, 15) is 8.78 Å². The average molecular weight is 174 g/mol. The zero-order valence-electron chi connectivity index (χ0n) is 6.47. The maximum absolute atomic E-state index is 12.5. The largest absolute Gasteiger partial charge is 0.504 e. The van der Waals surface area contributed by atoms with Crippen molar-refractivity contribution in [2.45, 2.75) is 6.92 Å². The molecule has 0 amide bonds. The van der Waals surface area contributed by atoms with Crippen LogP contribution in [-0.2, 0) is 0 Å². The van der Waals surface area contributed by atoms with Crippen LogP contribution in [0.3, 0.4) is 0 Å². The maximum Gasteiger partial charge on any atom is 0.164 e. The van der Waals surface area contributed by atoms with Gasteiger partial charge in [-0.25, -0.2) is 8.78 Å². The third-order valence-electron chi connectivity index (χ3n) is 1.30. The fourth-order valence-corrected chi connectivity index (χ4v) is 0.789. The van der Waals surface area contributed by atoms with Gasteiger partial charge in [0.2, 0.25) is 0 Å². The number of hydrogen-bond acceptors (Lipinski definition) is 2. The van der Waals surface area contributed by atoms with Gasteiger partial charge in [-0.15, -0.1) is 0 Å². The van der Waals surface area contributed by atoms with E-state index in [0.29, 0.717) is 12.7 Å². The van der Waals surface area contributed by atoms with Crippen molar-refractivity contribution in [2.75, 3.05) is 6.61 Å². The first kappa shape index (κ1) is 8.77. The van der Waals surface area contributed by atoms with Gasteiger partial charge in [-0.1, -0.05) is 0 Å². The number of phenolic OH excluding ortho intramolecular Hbond substituents is 1. The van der Waals surface area contributed by atoms with Gasteiger partial charge in [0.1, 0.15) is 0 Å². The van der Waals surface area contributed by atoms with Gasteiger partial charge in [-0.2, -0.15) is 0 Å². The molecular weight excluding hydrogens is 166 g/mol. The van der Waals surface area contributed by atoms with Crippen LogP contribution in [0, 0.1) is 11.6 Å². The molecule has 0 aromatic heterocycles. The third-order valence-corrected chi connectivity index (χ3v) is 1.30. The fraction of sp³-hybridized carbons (Fsp3) is 0.250. The van der Waals surface area contributed by atoms with Gasteiger partial charge in [0, 0.05) is 12.1 Å². The van der Waals surface area contributed by atoms with Crippen molar-refractivity contribution in [3.63, 3.8) is 0 Å². The van der Waals surface area contributed by atoms with Gasteiger partial charge in [0.05, 0.1) is 6.61 Å². The molecule has 0 radical (unpaired) electrons. The zero-order chi connectivity index (χ0) is 9.14. The van der Waals surface area contributed by atoms with Crippen molar-refractivity contribution in [1.29, 1.82) is 0 Å².